The minimum Gasteiger partial charge on any atom is -0.494 e. The Morgan fingerprint density at radius 3 is 2.21 bits per heavy atom. The molecule has 0 unspecified atom stereocenters. The second-order valence-corrected chi connectivity index (χ2v) is 6.34. The molecule has 0 aliphatic heterocycles. The lowest BCUT2D eigenvalue weighted by Gasteiger charge is -2.20. The van der Waals surface area contributed by atoms with Crippen LogP contribution in [0.2, 0.25) is 0 Å². The van der Waals surface area contributed by atoms with E-state index in [1.807, 2.05) is 27.7 Å². The Morgan fingerprint density at radius 2 is 1.67 bits per heavy atom. The van der Waals surface area contributed by atoms with Gasteiger partial charge in [0.1, 0.15) is 5.75 Å². The Labute approximate surface area is 142 Å². The third-order valence-corrected chi connectivity index (χ3v) is 2.92. The van der Waals surface area contributed by atoms with Gasteiger partial charge in [0.05, 0.1) is 13.0 Å². The number of amides is 1. The molecule has 0 aromatic heterocycles. The standard InChI is InChI=1S/C18H25NO5/c1-5-23-14-8-6-13(7-9-14)15(20)10-11-17(22)24-12-16(21)19-18(2,3)4/h6-9H,5,10-12H2,1-4H3,(H,19,21). The lowest BCUT2D eigenvalue weighted by atomic mass is 10.1. The van der Waals surface area contributed by atoms with Crippen LogP contribution in [0.3, 0.4) is 0 Å². The van der Waals surface area contributed by atoms with Gasteiger partial charge in [-0.15, -0.1) is 0 Å². The summed E-state index contributed by atoms with van der Waals surface area (Å²) in [7, 11) is 0. The SMILES string of the molecule is CCOc1ccc(C(=O)CCC(=O)OCC(=O)NC(C)(C)C)cc1. The highest BCUT2D eigenvalue weighted by atomic mass is 16.5. The van der Waals surface area contributed by atoms with Crippen molar-refractivity contribution in [1.29, 1.82) is 0 Å². The van der Waals surface area contributed by atoms with E-state index in [4.69, 9.17) is 9.47 Å². The lowest BCUT2D eigenvalue weighted by Crippen LogP contribution is -2.42. The molecule has 1 amide bonds. The van der Waals surface area contributed by atoms with Gasteiger partial charge in [-0.25, -0.2) is 0 Å². The molecule has 0 aliphatic carbocycles. The maximum absolute atomic E-state index is 12.0. The molecule has 1 aromatic carbocycles. The minimum absolute atomic E-state index is 0.0354. The van der Waals surface area contributed by atoms with Gasteiger partial charge in [-0.05, 0) is 52.0 Å². The molecule has 6 nitrogen and oxygen atoms in total. The molecule has 0 spiro atoms. The van der Waals surface area contributed by atoms with Gasteiger partial charge in [0.15, 0.2) is 12.4 Å². The molecule has 0 atom stereocenters. The van der Waals surface area contributed by atoms with E-state index in [9.17, 15) is 14.4 Å². The maximum atomic E-state index is 12.0. The van der Waals surface area contributed by atoms with Crippen LogP contribution in [0, 0.1) is 0 Å². The van der Waals surface area contributed by atoms with Crippen molar-refractivity contribution >= 4 is 17.7 Å². The average Bonchev–Trinajstić information content (AvgIpc) is 2.50. The van der Waals surface area contributed by atoms with Crippen molar-refractivity contribution in [3.8, 4) is 5.75 Å². The zero-order valence-corrected chi connectivity index (χ0v) is 14.7. The van der Waals surface area contributed by atoms with Gasteiger partial charge in [0.25, 0.3) is 5.91 Å². The molecular weight excluding hydrogens is 310 g/mol. The summed E-state index contributed by atoms with van der Waals surface area (Å²) in [5.41, 5.74) is 0.129. The van der Waals surface area contributed by atoms with E-state index in [2.05, 4.69) is 5.32 Å². The van der Waals surface area contributed by atoms with Gasteiger partial charge in [-0.2, -0.15) is 0 Å². The fraction of sp³-hybridized carbons (Fsp3) is 0.500. The Kier molecular flexibility index (Phi) is 7.42. The third kappa shape index (κ3) is 7.76. The van der Waals surface area contributed by atoms with Gasteiger partial charge < -0.3 is 14.8 Å². The molecule has 0 saturated carbocycles. The second-order valence-electron chi connectivity index (χ2n) is 6.34. The highest BCUT2D eigenvalue weighted by molar-refractivity contribution is 5.97. The number of esters is 1. The van der Waals surface area contributed by atoms with Crippen LogP contribution in [0.4, 0.5) is 0 Å². The van der Waals surface area contributed by atoms with Crippen molar-refractivity contribution in [2.75, 3.05) is 13.2 Å². The van der Waals surface area contributed by atoms with Crippen molar-refractivity contribution in [3.63, 3.8) is 0 Å². The Morgan fingerprint density at radius 1 is 1.04 bits per heavy atom. The van der Waals surface area contributed by atoms with Gasteiger partial charge in [0, 0.05) is 17.5 Å². The molecule has 0 aliphatic rings. The van der Waals surface area contributed by atoms with Crippen LogP contribution >= 0.6 is 0 Å². The first-order valence-corrected chi connectivity index (χ1v) is 7.94. The first kappa shape index (κ1) is 19.7. The summed E-state index contributed by atoms with van der Waals surface area (Å²) in [6, 6.07) is 6.75. The van der Waals surface area contributed by atoms with Crippen LogP contribution in [0.5, 0.6) is 5.75 Å². The zero-order valence-electron chi connectivity index (χ0n) is 14.7. The van der Waals surface area contributed by atoms with Crippen LogP contribution in [-0.2, 0) is 14.3 Å². The van der Waals surface area contributed by atoms with Gasteiger partial charge in [0.2, 0.25) is 0 Å². The first-order chi connectivity index (χ1) is 11.2. The number of hydrogen-bond acceptors (Lipinski definition) is 5. The van der Waals surface area contributed by atoms with Gasteiger partial charge >= 0.3 is 5.97 Å². The summed E-state index contributed by atoms with van der Waals surface area (Å²) in [6.07, 6.45) is -0.0253. The number of nitrogens with one attached hydrogen (secondary N) is 1. The average molecular weight is 335 g/mol. The summed E-state index contributed by atoms with van der Waals surface area (Å²) >= 11 is 0. The molecule has 0 saturated heterocycles. The van der Waals surface area contributed by atoms with E-state index >= 15 is 0 Å². The zero-order chi connectivity index (χ0) is 18.2. The highest BCUT2D eigenvalue weighted by Crippen LogP contribution is 2.14. The number of rotatable bonds is 8. The molecule has 132 valence electrons. The van der Waals surface area contributed by atoms with E-state index in [0.717, 1.165) is 0 Å². The van der Waals surface area contributed by atoms with Crippen molar-refractivity contribution in [1.82, 2.24) is 5.32 Å². The van der Waals surface area contributed by atoms with E-state index in [1.165, 1.54) is 0 Å². The number of hydrogen-bond donors (Lipinski definition) is 1. The molecule has 1 aromatic rings. The maximum Gasteiger partial charge on any atom is 0.306 e. The molecule has 1 rings (SSSR count). The van der Waals surface area contributed by atoms with E-state index in [1.54, 1.807) is 24.3 Å². The van der Waals surface area contributed by atoms with Crippen molar-refractivity contribution in [2.24, 2.45) is 0 Å². The van der Waals surface area contributed by atoms with Crippen LogP contribution in [0.25, 0.3) is 0 Å². The summed E-state index contributed by atoms with van der Waals surface area (Å²) < 4.78 is 10.2. The molecular formula is C18H25NO5. The fourth-order valence-electron chi connectivity index (χ4n) is 1.94. The van der Waals surface area contributed by atoms with Gasteiger partial charge in [-0.3, -0.25) is 14.4 Å². The van der Waals surface area contributed by atoms with Crippen molar-refractivity contribution < 1.29 is 23.9 Å². The quantitative estimate of drug-likeness (QED) is 0.583. The first-order valence-electron chi connectivity index (χ1n) is 7.94. The number of carbonyl (C=O) groups is 3. The molecule has 24 heavy (non-hydrogen) atoms. The predicted octanol–water partition coefficient (Wildman–Crippen LogP) is 2.51. The summed E-state index contributed by atoms with van der Waals surface area (Å²) in [5, 5.41) is 2.69. The van der Waals surface area contributed by atoms with Gasteiger partial charge in [-0.1, -0.05) is 0 Å². The fourth-order valence-corrected chi connectivity index (χ4v) is 1.94. The Bertz CT molecular complexity index is 572. The van der Waals surface area contributed by atoms with E-state index in [-0.39, 0.29) is 36.7 Å². The smallest absolute Gasteiger partial charge is 0.306 e. The monoisotopic (exact) mass is 335 g/mol. The minimum atomic E-state index is -0.571. The Balaban J connectivity index is 2.35. The van der Waals surface area contributed by atoms with Crippen LogP contribution < -0.4 is 10.1 Å². The summed E-state index contributed by atoms with van der Waals surface area (Å²) in [5.74, 6) is -0.403. The normalized spacial score (nSPS) is 10.8. The lowest BCUT2D eigenvalue weighted by molar-refractivity contribution is -0.148. The molecule has 1 N–H and O–H groups in total. The van der Waals surface area contributed by atoms with Crippen LogP contribution in [0.15, 0.2) is 24.3 Å². The van der Waals surface area contributed by atoms with E-state index < -0.39 is 5.97 Å². The number of ether oxygens (including phenoxy) is 2. The summed E-state index contributed by atoms with van der Waals surface area (Å²) in [4.78, 5) is 35.2. The van der Waals surface area contributed by atoms with E-state index in [0.29, 0.717) is 17.9 Å². The molecule has 0 radical (unpaired) electrons. The summed E-state index contributed by atoms with van der Waals surface area (Å²) in [6.45, 7) is 7.61. The predicted molar refractivity (Wildman–Crippen MR) is 90.0 cm³/mol. The van der Waals surface area contributed by atoms with Crippen LogP contribution in [0.1, 0.15) is 50.9 Å². The Hall–Kier alpha value is -2.37. The largest absolute Gasteiger partial charge is 0.494 e. The molecule has 0 fully saturated rings. The van der Waals surface area contributed by atoms with Crippen molar-refractivity contribution in [2.45, 2.75) is 46.1 Å². The third-order valence-electron chi connectivity index (χ3n) is 2.92. The number of carbonyl (C=O) groups excluding carboxylic acids is 3. The topological polar surface area (TPSA) is 81.7 Å². The van der Waals surface area contributed by atoms with Crippen molar-refractivity contribution in [3.05, 3.63) is 29.8 Å². The molecule has 6 heteroatoms. The second kappa shape index (κ2) is 9.05. The molecule has 0 heterocycles. The molecule has 0 bridgehead atoms. The number of benzene rings is 1. The highest BCUT2D eigenvalue weighted by Gasteiger charge is 2.16. The number of ketones is 1. The van der Waals surface area contributed by atoms with Crippen LogP contribution in [-0.4, -0.2) is 36.4 Å². The number of Topliss-reactive ketones (excluding diaryl/α,β-unsaturated/α-hetero) is 1.